The highest BCUT2D eigenvalue weighted by Crippen LogP contribution is 2.07. The highest BCUT2D eigenvalue weighted by Gasteiger charge is 2.09. The number of nitrogens with one attached hydrogen (secondary N) is 2. The molecule has 1 aromatic carbocycles. The number of hydrogen-bond donors (Lipinski definition) is 2. The van der Waals surface area contributed by atoms with Crippen LogP contribution in [0.1, 0.15) is 18.9 Å². The van der Waals surface area contributed by atoms with Gasteiger partial charge in [-0.2, -0.15) is 0 Å². The Morgan fingerprint density at radius 3 is 2.46 bits per heavy atom. The largest absolute Gasteiger partial charge is 0.383 e. The monoisotopic (exact) mass is 363 g/mol. The standard InChI is InChI=1S/C20H37N5O/c1-18(25(4)17-19-9-7-6-8-10-19)11-12-22-20(21-2)23-13-14-24(3)15-16-26-5/h6-10,18H,11-17H2,1-5H3,(H2,21,22,23). The number of aliphatic imine (C=N–C) groups is 1. The van der Waals surface area contributed by atoms with E-state index >= 15 is 0 Å². The van der Waals surface area contributed by atoms with Crippen molar-refractivity contribution in [1.29, 1.82) is 0 Å². The van der Waals surface area contributed by atoms with E-state index in [1.54, 1.807) is 7.11 Å². The molecular formula is C20H37N5O. The van der Waals surface area contributed by atoms with Crippen molar-refractivity contribution in [2.45, 2.75) is 25.9 Å². The maximum Gasteiger partial charge on any atom is 0.191 e. The molecule has 0 aromatic heterocycles. The van der Waals surface area contributed by atoms with E-state index in [2.05, 4.69) is 76.8 Å². The molecule has 0 saturated carbocycles. The van der Waals surface area contributed by atoms with E-state index in [1.807, 2.05) is 7.05 Å². The van der Waals surface area contributed by atoms with Crippen LogP contribution >= 0.6 is 0 Å². The van der Waals surface area contributed by atoms with E-state index in [0.717, 1.165) is 51.7 Å². The minimum absolute atomic E-state index is 0.501. The lowest BCUT2D eigenvalue weighted by atomic mass is 10.1. The minimum Gasteiger partial charge on any atom is -0.383 e. The van der Waals surface area contributed by atoms with Crippen molar-refractivity contribution in [3.63, 3.8) is 0 Å². The van der Waals surface area contributed by atoms with Crippen LogP contribution in [0.25, 0.3) is 0 Å². The maximum absolute atomic E-state index is 5.09. The predicted octanol–water partition coefficient (Wildman–Crippen LogP) is 1.64. The van der Waals surface area contributed by atoms with Crippen LogP contribution in [0, 0.1) is 0 Å². The molecule has 1 atom stereocenters. The molecule has 0 spiro atoms. The number of rotatable bonds is 12. The number of methoxy groups -OCH3 is 1. The first-order valence-electron chi connectivity index (χ1n) is 9.43. The van der Waals surface area contributed by atoms with Crippen molar-refractivity contribution >= 4 is 5.96 Å². The topological polar surface area (TPSA) is 52.1 Å². The molecule has 0 aliphatic rings. The van der Waals surface area contributed by atoms with Gasteiger partial charge in [0.1, 0.15) is 0 Å². The van der Waals surface area contributed by atoms with Crippen LogP contribution in [-0.2, 0) is 11.3 Å². The van der Waals surface area contributed by atoms with Gasteiger partial charge >= 0.3 is 0 Å². The van der Waals surface area contributed by atoms with Gasteiger partial charge in [0.25, 0.3) is 0 Å². The predicted molar refractivity (Wildman–Crippen MR) is 111 cm³/mol. The van der Waals surface area contributed by atoms with Gasteiger partial charge in [-0.05, 0) is 33.0 Å². The molecule has 0 fully saturated rings. The molecule has 26 heavy (non-hydrogen) atoms. The number of guanidine groups is 1. The molecule has 2 N–H and O–H groups in total. The molecule has 6 nitrogen and oxygen atoms in total. The van der Waals surface area contributed by atoms with Crippen LogP contribution < -0.4 is 10.6 Å². The lowest BCUT2D eigenvalue weighted by Gasteiger charge is -2.25. The highest BCUT2D eigenvalue weighted by molar-refractivity contribution is 5.79. The van der Waals surface area contributed by atoms with Gasteiger partial charge in [-0.1, -0.05) is 30.3 Å². The Morgan fingerprint density at radius 1 is 1.12 bits per heavy atom. The normalized spacial score (nSPS) is 13.3. The third-order valence-electron chi connectivity index (χ3n) is 4.57. The molecular weight excluding hydrogens is 326 g/mol. The first kappa shape index (κ1) is 22.4. The van der Waals surface area contributed by atoms with Crippen LogP contribution in [0.3, 0.4) is 0 Å². The van der Waals surface area contributed by atoms with E-state index in [4.69, 9.17) is 4.74 Å². The molecule has 0 amide bonds. The van der Waals surface area contributed by atoms with Crippen molar-refractivity contribution < 1.29 is 4.74 Å². The van der Waals surface area contributed by atoms with Crippen molar-refractivity contribution in [2.75, 3.05) is 61.0 Å². The van der Waals surface area contributed by atoms with Crippen LogP contribution in [0.15, 0.2) is 35.3 Å². The SMILES string of the molecule is CN=C(NCCC(C)N(C)Cc1ccccc1)NCCN(C)CCOC. The molecule has 1 aromatic rings. The zero-order valence-corrected chi connectivity index (χ0v) is 17.2. The number of nitrogens with zero attached hydrogens (tertiary/aromatic N) is 3. The first-order valence-corrected chi connectivity index (χ1v) is 9.43. The second-order valence-corrected chi connectivity index (χ2v) is 6.76. The summed E-state index contributed by atoms with van der Waals surface area (Å²) in [7, 11) is 7.83. The summed E-state index contributed by atoms with van der Waals surface area (Å²) in [5.74, 6) is 0.864. The average molecular weight is 364 g/mol. The van der Waals surface area contributed by atoms with E-state index in [1.165, 1.54) is 5.56 Å². The molecule has 148 valence electrons. The van der Waals surface area contributed by atoms with E-state index < -0.39 is 0 Å². The van der Waals surface area contributed by atoms with Crippen LogP contribution in [0.4, 0.5) is 0 Å². The number of likely N-dealkylation sites (N-methyl/N-ethyl adjacent to an activating group) is 1. The molecule has 0 heterocycles. The maximum atomic E-state index is 5.09. The summed E-state index contributed by atoms with van der Waals surface area (Å²) in [4.78, 5) is 8.92. The summed E-state index contributed by atoms with van der Waals surface area (Å²) in [5.41, 5.74) is 1.35. The molecule has 0 aliphatic carbocycles. The van der Waals surface area contributed by atoms with Gasteiger partial charge < -0.3 is 20.3 Å². The van der Waals surface area contributed by atoms with Crippen molar-refractivity contribution in [1.82, 2.24) is 20.4 Å². The van der Waals surface area contributed by atoms with Crippen molar-refractivity contribution in [3.8, 4) is 0 Å². The molecule has 0 radical (unpaired) electrons. The zero-order valence-electron chi connectivity index (χ0n) is 17.2. The second-order valence-electron chi connectivity index (χ2n) is 6.76. The Bertz CT molecular complexity index is 494. The summed E-state index contributed by atoms with van der Waals surface area (Å²) in [5, 5.41) is 6.77. The van der Waals surface area contributed by atoms with Gasteiger partial charge in [0.15, 0.2) is 5.96 Å². The van der Waals surface area contributed by atoms with Crippen LogP contribution in [0.2, 0.25) is 0 Å². The third-order valence-corrected chi connectivity index (χ3v) is 4.57. The van der Waals surface area contributed by atoms with E-state index in [0.29, 0.717) is 6.04 Å². The third kappa shape index (κ3) is 9.75. The summed E-state index contributed by atoms with van der Waals surface area (Å²) in [6.45, 7) is 7.67. The van der Waals surface area contributed by atoms with E-state index in [9.17, 15) is 0 Å². The van der Waals surface area contributed by atoms with Crippen molar-refractivity contribution in [2.24, 2.45) is 4.99 Å². The smallest absolute Gasteiger partial charge is 0.191 e. The van der Waals surface area contributed by atoms with Crippen LogP contribution in [0.5, 0.6) is 0 Å². The Labute approximate surface area is 159 Å². The molecule has 0 bridgehead atoms. The Morgan fingerprint density at radius 2 is 1.81 bits per heavy atom. The summed E-state index contributed by atoms with van der Waals surface area (Å²) in [6.07, 6.45) is 1.07. The van der Waals surface area contributed by atoms with E-state index in [-0.39, 0.29) is 0 Å². The number of benzene rings is 1. The Hall–Kier alpha value is -1.63. The molecule has 1 unspecified atom stereocenters. The van der Waals surface area contributed by atoms with Gasteiger partial charge in [0.05, 0.1) is 6.61 Å². The van der Waals surface area contributed by atoms with Gasteiger partial charge in [0.2, 0.25) is 0 Å². The number of hydrogen-bond acceptors (Lipinski definition) is 4. The van der Waals surface area contributed by atoms with Gasteiger partial charge in [0, 0.05) is 52.9 Å². The van der Waals surface area contributed by atoms with Gasteiger partial charge in [-0.25, -0.2) is 0 Å². The fraction of sp³-hybridized carbons (Fsp3) is 0.650. The van der Waals surface area contributed by atoms with Crippen molar-refractivity contribution in [3.05, 3.63) is 35.9 Å². The lowest BCUT2D eigenvalue weighted by molar-refractivity contribution is 0.162. The minimum atomic E-state index is 0.501. The molecule has 0 saturated heterocycles. The lowest BCUT2D eigenvalue weighted by Crippen LogP contribution is -2.42. The van der Waals surface area contributed by atoms with Crippen LogP contribution in [-0.4, -0.2) is 82.8 Å². The molecule has 1 rings (SSSR count). The van der Waals surface area contributed by atoms with Gasteiger partial charge in [-0.15, -0.1) is 0 Å². The first-order chi connectivity index (χ1) is 12.6. The van der Waals surface area contributed by atoms with Gasteiger partial charge in [-0.3, -0.25) is 9.89 Å². The summed E-state index contributed by atoms with van der Waals surface area (Å²) in [6, 6.07) is 11.1. The second kappa shape index (κ2) is 13.6. The average Bonchev–Trinajstić information content (AvgIpc) is 2.65. The zero-order chi connectivity index (χ0) is 19.2. The molecule has 6 heteroatoms. The quantitative estimate of drug-likeness (QED) is 0.437. The number of ether oxygens (including phenoxy) is 1. The Kier molecular flexibility index (Phi) is 11.7. The Balaban J connectivity index is 2.20. The molecule has 0 aliphatic heterocycles. The summed E-state index contributed by atoms with van der Waals surface area (Å²) < 4.78 is 5.09. The summed E-state index contributed by atoms with van der Waals surface area (Å²) >= 11 is 0. The fourth-order valence-corrected chi connectivity index (χ4v) is 2.59. The fourth-order valence-electron chi connectivity index (χ4n) is 2.59. The highest BCUT2D eigenvalue weighted by atomic mass is 16.5.